The molecule has 0 amide bonds. The van der Waals surface area contributed by atoms with Crippen LogP contribution in [-0.4, -0.2) is 0 Å². The van der Waals surface area contributed by atoms with E-state index in [1.165, 1.54) is 11.3 Å². The van der Waals surface area contributed by atoms with Gasteiger partial charge < -0.3 is 5.73 Å². The molecule has 0 spiro atoms. The topological polar surface area (TPSA) is 97.4 Å². The van der Waals surface area contributed by atoms with Crippen molar-refractivity contribution >= 4 is 22.9 Å². The van der Waals surface area contributed by atoms with E-state index in [-0.39, 0.29) is 22.9 Å². The molecule has 1 heterocycles. The number of fused-ring (bicyclic) bond motifs is 1. The Morgan fingerprint density at radius 2 is 1.89 bits per heavy atom. The highest BCUT2D eigenvalue weighted by Gasteiger charge is 2.53. The summed E-state index contributed by atoms with van der Waals surface area (Å²) in [6, 6.07) is 10.2. The second-order valence-corrected chi connectivity index (χ2v) is 10.1. The Balaban J connectivity index is 2.27. The van der Waals surface area contributed by atoms with Gasteiger partial charge in [0.05, 0.1) is 33.8 Å². The Labute approximate surface area is 169 Å². The molecule has 2 aliphatic rings. The predicted molar refractivity (Wildman–Crippen MR) is 106 cm³/mol. The highest BCUT2D eigenvalue weighted by Crippen LogP contribution is 2.58. The third kappa shape index (κ3) is 2.94. The number of nitrogens with zero attached hydrogens (tertiary/aromatic N) is 3. The number of hydrogen-bond donors (Lipinski definition) is 1. The third-order valence-electron chi connectivity index (χ3n) is 5.98. The van der Waals surface area contributed by atoms with Crippen molar-refractivity contribution in [2.75, 3.05) is 0 Å². The first-order chi connectivity index (χ1) is 12.7. The maximum absolute atomic E-state index is 9.90. The molecular formula is C21H21ClN4S. The highest BCUT2D eigenvalue weighted by atomic mass is 35.5. The molecule has 0 aliphatic heterocycles. The minimum Gasteiger partial charge on any atom is -0.399 e. The molecule has 1 aromatic rings. The van der Waals surface area contributed by atoms with Crippen molar-refractivity contribution in [2.24, 2.45) is 28.4 Å². The first kappa shape index (κ1) is 19.5. The van der Waals surface area contributed by atoms with E-state index in [1.807, 2.05) is 18.2 Å². The second-order valence-electron chi connectivity index (χ2n) is 8.33. The summed E-state index contributed by atoms with van der Waals surface area (Å²) in [5, 5.41) is 29.7. The summed E-state index contributed by atoms with van der Waals surface area (Å²) in [5.41, 5.74) is 5.97. The number of nitriles is 3. The second kappa shape index (κ2) is 6.72. The van der Waals surface area contributed by atoms with Crippen molar-refractivity contribution in [1.29, 1.82) is 15.8 Å². The molecule has 0 unspecified atom stereocenters. The standard InChI is InChI=1S/C21H21ClN4S/c1-20(2,3)12-4-5-15-13(8-12)18(16-6-7-17(22)27-16)14(9-23)19(26)21(15,10-24)11-25/h5-7,12-13,18H,4,8,26H2,1-3H3/t12-,13-,18+/m1/s1. The van der Waals surface area contributed by atoms with Crippen molar-refractivity contribution in [3.05, 3.63) is 44.3 Å². The lowest BCUT2D eigenvalue weighted by Crippen LogP contribution is -2.42. The lowest BCUT2D eigenvalue weighted by molar-refractivity contribution is 0.181. The summed E-state index contributed by atoms with van der Waals surface area (Å²) in [6.07, 6.45) is 3.63. The molecule has 4 nitrogen and oxygen atoms in total. The van der Waals surface area contributed by atoms with Crippen LogP contribution in [-0.2, 0) is 0 Å². The number of allylic oxidation sites excluding steroid dienone is 3. The van der Waals surface area contributed by atoms with Gasteiger partial charge in [0, 0.05) is 10.8 Å². The summed E-state index contributed by atoms with van der Waals surface area (Å²) in [6.45, 7) is 6.61. The molecule has 0 aromatic carbocycles. The molecule has 2 N–H and O–H groups in total. The summed E-state index contributed by atoms with van der Waals surface area (Å²) in [5.74, 6) is 0.0104. The van der Waals surface area contributed by atoms with Gasteiger partial charge in [0.2, 0.25) is 5.41 Å². The Morgan fingerprint density at radius 1 is 1.22 bits per heavy atom. The van der Waals surface area contributed by atoms with Crippen LogP contribution in [0.3, 0.4) is 0 Å². The average molecular weight is 397 g/mol. The molecule has 2 aliphatic carbocycles. The molecule has 3 atom stereocenters. The molecule has 0 saturated heterocycles. The molecule has 0 radical (unpaired) electrons. The highest BCUT2D eigenvalue weighted by molar-refractivity contribution is 7.16. The van der Waals surface area contributed by atoms with Crippen molar-refractivity contribution in [3.8, 4) is 18.2 Å². The van der Waals surface area contributed by atoms with Gasteiger partial charge in [-0.2, -0.15) is 15.8 Å². The normalized spacial score (nSPS) is 27.0. The van der Waals surface area contributed by atoms with Gasteiger partial charge in [-0.3, -0.25) is 0 Å². The van der Waals surface area contributed by atoms with Crippen LogP contribution in [0.5, 0.6) is 0 Å². The summed E-state index contributed by atoms with van der Waals surface area (Å²) >= 11 is 7.59. The van der Waals surface area contributed by atoms with Crippen LogP contribution in [0.2, 0.25) is 4.34 Å². The van der Waals surface area contributed by atoms with Crippen LogP contribution in [0, 0.1) is 56.7 Å². The Hall–Kier alpha value is -2.26. The number of nitrogens with two attached hydrogens (primary N) is 1. The molecule has 6 heteroatoms. The minimum absolute atomic E-state index is 0.0706. The van der Waals surface area contributed by atoms with E-state index in [4.69, 9.17) is 17.3 Å². The Morgan fingerprint density at radius 3 is 2.37 bits per heavy atom. The van der Waals surface area contributed by atoms with E-state index in [2.05, 4.69) is 39.0 Å². The van der Waals surface area contributed by atoms with E-state index in [0.29, 0.717) is 15.8 Å². The zero-order valence-electron chi connectivity index (χ0n) is 15.6. The first-order valence-electron chi connectivity index (χ1n) is 8.88. The maximum Gasteiger partial charge on any atom is 0.204 e. The van der Waals surface area contributed by atoms with Crippen LogP contribution in [0.1, 0.15) is 44.4 Å². The predicted octanol–water partition coefficient (Wildman–Crippen LogP) is 5.27. The SMILES string of the molecule is CC(C)(C)[C@@H]1CC=C2[C@@H](C1)[C@H](c1ccc(Cl)s1)C(C#N)=C(N)C2(C#N)C#N. The molecule has 27 heavy (non-hydrogen) atoms. The maximum atomic E-state index is 9.90. The summed E-state index contributed by atoms with van der Waals surface area (Å²) < 4.78 is 0.645. The van der Waals surface area contributed by atoms with E-state index in [0.717, 1.165) is 23.3 Å². The van der Waals surface area contributed by atoms with Gasteiger partial charge in [0.25, 0.3) is 0 Å². The van der Waals surface area contributed by atoms with Crippen molar-refractivity contribution in [3.63, 3.8) is 0 Å². The minimum atomic E-state index is -1.56. The zero-order chi connectivity index (χ0) is 20.0. The number of rotatable bonds is 1. The fourth-order valence-electron chi connectivity index (χ4n) is 4.37. The lowest BCUT2D eigenvalue weighted by Gasteiger charge is -2.46. The molecular weight excluding hydrogens is 376 g/mol. The average Bonchev–Trinajstić information content (AvgIpc) is 3.06. The van der Waals surface area contributed by atoms with Gasteiger partial charge in [-0.05, 0) is 47.8 Å². The third-order valence-corrected chi connectivity index (χ3v) is 7.30. The fourth-order valence-corrected chi connectivity index (χ4v) is 5.61. The van der Waals surface area contributed by atoms with Gasteiger partial charge in [-0.1, -0.05) is 38.4 Å². The first-order valence-corrected chi connectivity index (χ1v) is 10.1. The van der Waals surface area contributed by atoms with Crippen molar-refractivity contribution in [1.82, 2.24) is 0 Å². The van der Waals surface area contributed by atoms with Crippen LogP contribution >= 0.6 is 22.9 Å². The van der Waals surface area contributed by atoms with Crippen LogP contribution in [0.25, 0.3) is 0 Å². The van der Waals surface area contributed by atoms with Gasteiger partial charge >= 0.3 is 0 Å². The quantitative estimate of drug-likeness (QED) is 0.654. The van der Waals surface area contributed by atoms with Gasteiger partial charge in [-0.15, -0.1) is 11.3 Å². The number of halogens is 1. The number of hydrogen-bond acceptors (Lipinski definition) is 5. The molecule has 138 valence electrons. The lowest BCUT2D eigenvalue weighted by atomic mass is 9.56. The molecule has 0 bridgehead atoms. The van der Waals surface area contributed by atoms with E-state index < -0.39 is 5.41 Å². The molecule has 0 fully saturated rings. The Kier molecular flexibility index (Phi) is 4.85. The summed E-state index contributed by atoms with van der Waals surface area (Å²) in [4.78, 5) is 0.953. The van der Waals surface area contributed by atoms with E-state index in [1.54, 1.807) is 0 Å². The van der Waals surface area contributed by atoms with Gasteiger partial charge in [0.15, 0.2) is 0 Å². The van der Waals surface area contributed by atoms with Gasteiger partial charge in [0.1, 0.15) is 0 Å². The molecule has 0 saturated carbocycles. The van der Waals surface area contributed by atoms with E-state index in [9.17, 15) is 15.8 Å². The molecule has 1 aromatic heterocycles. The van der Waals surface area contributed by atoms with Crippen LogP contribution in [0.15, 0.2) is 35.1 Å². The number of thiophene rings is 1. The van der Waals surface area contributed by atoms with Gasteiger partial charge in [-0.25, -0.2) is 0 Å². The zero-order valence-corrected chi connectivity index (χ0v) is 17.2. The van der Waals surface area contributed by atoms with Crippen LogP contribution < -0.4 is 5.73 Å². The summed E-state index contributed by atoms with van der Waals surface area (Å²) in [7, 11) is 0. The molecule has 3 rings (SSSR count). The van der Waals surface area contributed by atoms with E-state index >= 15 is 0 Å². The van der Waals surface area contributed by atoms with Crippen molar-refractivity contribution < 1.29 is 0 Å². The smallest absolute Gasteiger partial charge is 0.204 e. The van der Waals surface area contributed by atoms with Crippen molar-refractivity contribution in [2.45, 2.75) is 39.5 Å². The van der Waals surface area contributed by atoms with Crippen LogP contribution in [0.4, 0.5) is 0 Å². The largest absolute Gasteiger partial charge is 0.399 e. The Bertz CT molecular complexity index is 944. The monoisotopic (exact) mass is 396 g/mol. The fraction of sp³-hybridized carbons (Fsp3) is 0.476.